The molecule has 0 bridgehead atoms. The summed E-state index contributed by atoms with van der Waals surface area (Å²) in [6.07, 6.45) is -10.2. The minimum atomic E-state index is -5.14. The number of hydrogen-bond acceptors (Lipinski definition) is 7. The Balaban J connectivity index is 1.41. The van der Waals surface area contributed by atoms with Crippen LogP contribution in [0.1, 0.15) is 54.4 Å². The van der Waals surface area contributed by atoms with Crippen LogP contribution in [0.3, 0.4) is 0 Å². The van der Waals surface area contributed by atoms with Crippen LogP contribution < -0.4 is 10.4 Å². The first-order valence-electron chi connectivity index (χ1n) is 17.2. The molecule has 3 saturated heterocycles. The molecule has 1 N–H and O–H groups in total. The number of quaternary nitrogens is 1. The van der Waals surface area contributed by atoms with Crippen molar-refractivity contribution in [2.45, 2.75) is 75.2 Å². The van der Waals surface area contributed by atoms with Crippen LogP contribution in [0.25, 0.3) is 0 Å². The number of ether oxygens (including phenoxy) is 1. The van der Waals surface area contributed by atoms with Crippen LogP contribution in [-0.2, 0) is 34.8 Å². The van der Waals surface area contributed by atoms with Gasteiger partial charge in [0.15, 0.2) is 5.66 Å². The lowest BCUT2D eigenvalue weighted by Gasteiger charge is -2.62. The van der Waals surface area contributed by atoms with Crippen molar-refractivity contribution in [1.82, 2.24) is 14.7 Å². The molecule has 0 saturated carbocycles. The van der Waals surface area contributed by atoms with Gasteiger partial charge in [-0.3, -0.25) is 14.3 Å². The third kappa shape index (κ3) is 7.32. The van der Waals surface area contributed by atoms with E-state index < -0.39 is 70.3 Å². The predicted molar refractivity (Wildman–Crippen MR) is 170 cm³/mol. The average Bonchev–Trinajstić information content (AvgIpc) is 3.26. The largest absolute Gasteiger partial charge is 0.498 e. The summed E-state index contributed by atoms with van der Waals surface area (Å²) in [6.45, 7) is 2.37. The zero-order valence-corrected chi connectivity index (χ0v) is 28.0. The van der Waals surface area contributed by atoms with Gasteiger partial charge in [0.1, 0.15) is 12.8 Å². The molecule has 0 radical (unpaired) electrons. The van der Waals surface area contributed by atoms with E-state index in [1.165, 1.54) is 0 Å². The van der Waals surface area contributed by atoms with E-state index in [2.05, 4.69) is 10.2 Å². The van der Waals surface area contributed by atoms with Gasteiger partial charge in [-0.25, -0.2) is 4.79 Å². The van der Waals surface area contributed by atoms with E-state index in [1.807, 2.05) is 17.0 Å². The summed E-state index contributed by atoms with van der Waals surface area (Å²) in [4.78, 5) is 45.7. The first kappa shape index (κ1) is 37.0. The smallest absolute Gasteiger partial charge is 0.416 e. The van der Waals surface area contributed by atoms with E-state index in [4.69, 9.17) is 4.74 Å². The lowest BCUT2D eigenvalue weighted by atomic mass is 9.81. The highest BCUT2D eigenvalue weighted by Crippen LogP contribution is 2.46. The standard InChI is InChI=1S/C35H41F6N5O5/c36-34(37,38)26-19-24(20-27(21-26)35(39,40)41)23-46(32(49)50)15-8-29(45-12-5-25-3-1-2-4-30(25)42-31(45)48)22-33(46,9-16-47)44-10-6-28(7-11-44)43-13-17-51-18-14-43/h1-4,16,19-21,28-29H,5-15,17-18,22-23H2,(H-,42,48,49,50)/t29?,33?,46-/m0/s1. The van der Waals surface area contributed by atoms with Crippen molar-refractivity contribution in [1.29, 1.82) is 0 Å². The number of hydrogen-bond donors (Lipinski definition) is 1. The number of amides is 3. The number of anilines is 1. The van der Waals surface area contributed by atoms with Gasteiger partial charge in [0.25, 0.3) is 6.09 Å². The maximum absolute atomic E-state index is 13.9. The molecule has 0 aliphatic carbocycles. The normalized spacial score (nSPS) is 27.4. The Hall–Kier alpha value is -3.73. The summed E-state index contributed by atoms with van der Waals surface area (Å²) >= 11 is 0. The van der Waals surface area contributed by atoms with E-state index in [9.17, 15) is 45.8 Å². The van der Waals surface area contributed by atoms with Crippen LogP contribution in [0, 0.1) is 0 Å². The minimum absolute atomic E-state index is 0.00410. The number of rotatable bonds is 7. The number of para-hydroxylation sites is 1. The molecule has 278 valence electrons. The number of nitrogens with one attached hydrogen (secondary N) is 1. The molecule has 2 aromatic carbocycles. The molecule has 0 aromatic heterocycles. The van der Waals surface area contributed by atoms with Crippen LogP contribution in [0.5, 0.6) is 0 Å². The van der Waals surface area contributed by atoms with Gasteiger partial charge in [-0.2, -0.15) is 26.3 Å². The summed E-state index contributed by atoms with van der Waals surface area (Å²) in [5.41, 5.74) is -3.75. The third-order valence-electron chi connectivity index (χ3n) is 11.3. The van der Waals surface area contributed by atoms with Crippen LogP contribution in [-0.4, -0.2) is 108 Å². The first-order chi connectivity index (χ1) is 24.2. The lowest BCUT2D eigenvalue weighted by Crippen LogP contribution is -2.80. The predicted octanol–water partition coefficient (Wildman–Crippen LogP) is 4.72. The third-order valence-corrected chi connectivity index (χ3v) is 11.3. The number of halogens is 6. The molecule has 51 heavy (non-hydrogen) atoms. The minimum Gasteiger partial charge on any atom is -0.498 e. The van der Waals surface area contributed by atoms with Gasteiger partial charge < -0.3 is 29.6 Å². The van der Waals surface area contributed by atoms with Crippen molar-refractivity contribution in [3.05, 3.63) is 64.7 Å². The van der Waals surface area contributed by atoms with E-state index in [1.54, 1.807) is 17.0 Å². The van der Waals surface area contributed by atoms with E-state index in [-0.39, 0.29) is 38.0 Å². The summed E-state index contributed by atoms with van der Waals surface area (Å²) in [5, 5.41) is 16.5. The number of carboxylic acid groups (broad SMARTS) is 1. The van der Waals surface area contributed by atoms with Gasteiger partial charge in [-0.05, 0) is 49.1 Å². The molecule has 4 heterocycles. The Morgan fingerprint density at radius 3 is 2.20 bits per heavy atom. The van der Waals surface area contributed by atoms with Crippen LogP contribution in [0.2, 0.25) is 0 Å². The first-order valence-corrected chi connectivity index (χ1v) is 17.2. The van der Waals surface area contributed by atoms with E-state index >= 15 is 0 Å². The maximum Gasteiger partial charge on any atom is 0.416 e. The molecule has 4 aliphatic heterocycles. The Labute approximate surface area is 291 Å². The van der Waals surface area contributed by atoms with Crippen LogP contribution in [0.15, 0.2) is 42.5 Å². The van der Waals surface area contributed by atoms with Crippen LogP contribution >= 0.6 is 0 Å². The lowest BCUT2D eigenvalue weighted by molar-refractivity contribution is -0.956. The number of likely N-dealkylation sites (tertiary alicyclic amines) is 2. The molecule has 2 unspecified atom stereocenters. The maximum atomic E-state index is 13.9. The summed E-state index contributed by atoms with van der Waals surface area (Å²) in [5.74, 6) is 0. The number of carbonyl (C=O) groups is 3. The number of aldehydes is 1. The molecule has 6 rings (SSSR count). The molecule has 16 heteroatoms. The second-order valence-corrected chi connectivity index (χ2v) is 13.9. The molecule has 2 aromatic rings. The Morgan fingerprint density at radius 1 is 0.941 bits per heavy atom. The zero-order chi connectivity index (χ0) is 36.6. The number of morpholine rings is 1. The summed E-state index contributed by atoms with van der Waals surface area (Å²) < 4.78 is 88.0. The Bertz CT molecular complexity index is 1580. The van der Waals surface area contributed by atoms with Crippen molar-refractivity contribution in [2.75, 3.05) is 57.8 Å². The average molecular weight is 726 g/mol. The van der Waals surface area contributed by atoms with Crippen molar-refractivity contribution < 1.29 is 55.1 Å². The highest BCUT2D eigenvalue weighted by Gasteiger charge is 2.61. The fourth-order valence-electron chi connectivity index (χ4n) is 8.72. The van der Waals surface area contributed by atoms with Gasteiger partial charge in [-0.15, -0.1) is 0 Å². The number of urea groups is 1. The van der Waals surface area contributed by atoms with Gasteiger partial charge in [0.2, 0.25) is 0 Å². The van der Waals surface area contributed by atoms with Crippen molar-refractivity contribution in [3.63, 3.8) is 0 Å². The van der Waals surface area contributed by atoms with Crippen molar-refractivity contribution in [3.8, 4) is 0 Å². The van der Waals surface area contributed by atoms with E-state index in [0.29, 0.717) is 69.7 Å². The summed E-state index contributed by atoms with van der Waals surface area (Å²) in [6, 6.07) is 7.49. The number of carbonyl (C=O) groups excluding carboxylic acids is 3. The molecule has 3 atom stereocenters. The number of nitrogens with zero attached hydrogens (tertiary/aromatic N) is 4. The fourth-order valence-corrected chi connectivity index (χ4v) is 8.72. The summed E-state index contributed by atoms with van der Waals surface area (Å²) in [7, 11) is 0. The molecule has 10 nitrogen and oxygen atoms in total. The van der Waals surface area contributed by atoms with Gasteiger partial charge in [0, 0.05) is 68.9 Å². The molecule has 3 amide bonds. The van der Waals surface area contributed by atoms with Crippen molar-refractivity contribution in [2.24, 2.45) is 0 Å². The highest BCUT2D eigenvalue weighted by atomic mass is 19.4. The van der Waals surface area contributed by atoms with E-state index in [0.717, 1.165) is 18.7 Å². The zero-order valence-electron chi connectivity index (χ0n) is 28.0. The monoisotopic (exact) mass is 725 g/mol. The Kier molecular flexibility index (Phi) is 10.4. The molecule has 0 spiro atoms. The Morgan fingerprint density at radius 2 is 1.59 bits per heavy atom. The SMILES string of the molecule is O=CCC1(N2CCC(N3CCOCC3)CC2)CC(N2CCc3ccccc3NC2=O)CC[N@+]1(Cc1cc(C(F)(F)F)cc(C(F)(F)F)c1)C(=O)[O-]. The highest BCUT2D eigenvalue weighted by molar-refractivity contribution is 5.91. The van der Waals surface area contributed by atoms with Crippen LogP contribution in [0.4, 0.5) is 41.6 Å². The van der Waals surface area contributed by atoms with Gasteiger partial charge in [-0.1, -0.05) is 18.2 Å². The fraction of sp³-hybridized carbons (Fsp3) is 0.571. The van der Waals surface area contributed by atoms with Crippen molar-refractivity contribution >= 4 is 24.1 Å². The molecule has 3 fully saturated rings. The second-order valence-electron chi connectivity index (χ2n) is 13.9. The number of piperidine rings is 2. The second kappa shape index (κ2) is 14.4. The topological polar surface area (TPSA) is 105 Å². The number of benzene rings is 2. The molecular weight excluding hydrogens is 684 g/mol. The quantitative estimate of drug-likeness (QED) is 0.251. The van der Waals surface area contributed by atoms with Gasteiger partial charge in [0.05, 0.1) is 37.3 Å². The van der Waals surface area contributed by atoms with Gasteiger partial charge >= 0.3 is 18.4 Å². The molecular formula is C35H41F6N5O5. The molecule has 4 aliphatic rings. The number of alkyl halides is 6. The number of fused-ring (bicyclic) bond motifs is 1.